The van der Waals surface area contributed by atoms with Gasteiger partial charge in [-0.3, -0.25) is 4.79 Å². The average Bonchev–Trinajstić information content (AvgIpc) is 2.37. The first-order valence-corrected chi connectivity index (χ1v) is 7.52. The SMILES string of the molecule is CC(CC(=O)NC(C)(CN)C(C)C)Cc1cccc(F)c1. The average molecular weight is 294 g/mol. The van der Waals surface area contributed by atoms with Crippen molar-refractivity contribution in [2.24, 2.45) is 17.6 Å². The molecule has 0 spiro atoms. The lowest BCUT2D eigenvalue weighted by molar-refractivity contribution is -0.124. The van der Waals surface area contributed by atoms with E-state index in [1.54, 1.807) is 6.07 Å². The molecule has 0 radical (unpaired) electrons. The lowest BCUT2D eigenvalue weighted by atomic mass is 9.88. The van der Waals surface area contributed by atoms with Crippen LogP contribution in [0.5, 0.6) is 0 Å². The molecule has 1 rings (SSSR count). The predicted molar refractivity (Wildman–Crippen MR) is 84.3 cm³/mol. The van der Waals surface area contributed by atoms with Gasteiger partial charge in [0.1, 0.15) is 5.82 Å². The smallest absolute Gasteiger partial charge is 0.220 e. The fourth-order valence-electron chi connectivity index (χ4n) is 2.26. The third-order valence-electron chi connectivity index (χ3n) is 4.13. The first-order valence-electron chi connectivity index (χ1n) is 7.52. The Morgan fingerprint density at radius 2 is 2.05 bits per heavy atom. The predicted octanol–water partition coefficient (Wildman–Crippen LogP) is 2.88. The van der Waals surface area contributed by atoms with Crippen LogP contribution in [0.2, 0.25) is 0 Å². The van der Waals surface area contributed by atoms with Crippen LogP contribution < -0.4 is 11.1 Å². The molecule has 0 aliphatic rings. The first-order chi connectivity index (χ1) is 9.76. The summed E-state index contributed by atoms with van der Waals surface area (Å²) in [6.07, 6.45) is 1.10. The van der Waals surface area contributed by atoms with Gasteiger partial charge in [-0.25, -0.2) is 4.39 Å². The molecule has 0 fully saturated rings. The van der Waals surface area contributed by atoms with E-state index < -0.39 is 0 Å². The highest BCUT2D eigenvalue weighted by Crippen LogP contribution is 2.17. The zero-order chi connectivity index (χ0) is 16.0. The van der Waals surface area contributed by atoms with Gasteiger partial charge in [0.25, 0.3) is 0 Å². The number of hydrogen-bond acceptors (Lipinski definition) is 2. The summed E-state index contributed by atoms with van der Waals surface area (Å²) in [4.78, 5) is 12.1. The lowest BCUT2D eigenvalue weighted by Gasteiger charge is -2.34. The van der Waals surface area contributed by atoms with Crippen molar-refractivity contribution in [2.45, 2.75) is 46.1 Å². The molecule has 0 saturated carbocycles. The number of rotatable bonds is 7. The molecule has 118 valence electrons. The molecule has 0 aliphatic heterocycles. The van der Waals surface area contributed by atoms with Crippen LogP contribution >= 0.6 is 0 Å². The van der Waals surface area contributed by atoms with E-state index in [-0.39, 0.29) is 29.1 Å². The zero-order valence-corrected chi connectivity index (χ0v) is 13.4. The second-order valence-electron chi connectivity index (χ2n) is 6.47. The number of nitrogens with one attached hydrogen (secondary N) is 1. The molecule has 1 amide bonds. The normalized spacial score (nSPS) is 15.6. The number of halogens is 1. The van der Waals surface area contributed by atoms with Crippen LogP contribution in [0.3, 0.4) is 0 Å². The Balaban J connectivity index is 2.54. The van der Waals surface area contributed by atoms with E-state index in [9.17, 15) is 9.18 Å². The van der Waals surface area contributed by atoms with Crippen LogP contribution in [0.25, 0.3) is 0 Å². The van der Waals surface area contributed by atoms with Crippen molar-refractivity contribution in [2.75, 3.05) is 6.54 Å². The number of benzene rings is 1. The molecular formula is C17H27FN2O. The van der Waals surface area contributed by atoms with Gasteiger partial charge >= 0.3 is 0 Å². The highest BCUT2D eigenvalue weighted by atomic mass is 19.1. The Morgan fingerprint density at radius 3 is 2.57 bits per heavy atom. The molecule has 0 aromatic heterocycles. The van der Waals surface area contributed by atoms with Crippen molar-refractivity contribution >= 4 is 5.91 Å². The van der Waals surface area contributed by atoms with Gasteiger partial charge in [-0.2, -0.15) is 0 Å². The molecule has 1 aromatic carbocycles. The third kappa shape index (κ3) is 5.46. The van der Waals surface area contributed by atoms with E-state index >= 15 is 0 Å². The number of nitrogens with two attached hydrogens (primary N) is 1. The molecule has 3 nitrogen and oxygen atoms in total. The van der Waals surface area contributed by atoms with Crippen LogP contribution in [-0.2, 0) is 11.2 Å². The second-order valence-corrected chi connectivity index (χ2v) is 6.47. The van der Waals surface area contributed by atoms with Gasteiger partial charge in [-0.1, -0.05) is 32.9 Å². The fourth-order valence-corrected chi connectivity index (χ4v) is 2.26. The lowest BCUT2D eigenvalue weighted by Crippen LogP contribution is -2.55. The van der Waals surface area contributed by atoms with Crippen LogP contribution in [-0.4, -0.2) is 18.0 Å². The molecule has 0 saturated heterocycles. The Hall–Kier alpha value is -1.42. The van der Waals surface area contributed by atoms with E-state index in [1.807, 2.05) is 33.8 Å². The number of carbonyl (C=O) groups is 1. The number of amides is 1. The van der Waals surface area contributed by atoms with E-state index in [0.717, 1.165) is 5.56 Å². The van der Waals surface area contributed by atoms with E-state index in [1.165, 1.54) is 12.1 Å². The van der Waals surface area contributed by atoms with E-state index in [2.05, 4.69) is 5.32 Å². The molecule has 21 heavy (non-hydrogen) atoms. The summed E-state index contributed by atoms with van der Waals surface area (Å²) in [6, 6.07) is 6.53. The van der Waals surface area contributed by atoms with E-state index in [0.29, 0.717) is 19.4 Å². The minimum atomic E-state index is -0.379. The van der Waals surface area contributed by atoms with E-state index in [4.69, 9.17) is 5.73 Å². The third-order valence-corrected chi connectivity index (χ3v) is 4.13. The Morgan fingerprint density at radius 1 is 1.38 bits per heavy atom. The Bertz CT molecular complexity index is 476. The van der Waals surface area contributed by atoms with Crippen molar-refractivity contribution in [3.8, 4) is 0 Å². The van der Waals surface area contributed by atoms with Crippen LogP contribution in [0.1, 0.15) is 39.7 Å². The summed E-state index contributed by atoms with van der Waals surface area (Å²) in [5, 5.41) is 3.03. The van der Waals surface area contributed by atoms with Crippen LogP contribution in [0.4, 0.5) is 4.39 Å². The maximum atomic E-state index is 13.1. The van der Waals surface area contributed by atoms with Crippen LogP contribution in [0, 0.1) is 17.7 Å². The number of carbonyl (C=O) groups excluding carboxylic acids is 1. The van der Waals surface area contributed by atoms with Gasteiger partial charge in [-0.05, 0) is 42.9 Å². The highest BCUT2D eigenvalue weighted by molar-refractivity contribution is 5.77. The summed E-state index contributed by atoms with van der Waals surface area (Å²) in [5.74, 6) is 0.186. The van der Waals surface area contributed by atoms with Gasteiger partial charge in [0.15, 0.2) is 0 Å². The van der Waals surface area contributed by atoms with Crippen molar-refractivity contribution in [1.29, 1.82) is 0 Å². The quantitative estimate of drug-likeness (QED) is 0.812. The molecule has 0 bridgehead atoms. The maximum absolute atomic E-state index is 13.1. The van der Waals surface area contributed by atoms with Gasteiger partial charge in [0.05, 0.1) is 5.54 Å². The monoisotopic (exact) mass is 294 g/mol. The fraction of sp³-hybridized carbons (Fsp3) is 0.588. The summed E-state index contributed by atoms with van der Waals surface area (Å²) in [5.41, 5.74) is 6.31. The highest BCUT2D eigenvalue weighted by Gasteiger charge is 2.28. The van der Waals surface area contributed by atoms with Crippen molar-refractivity contribution in [3.05, 3.63) is 35.6 Å². The Labute approximate surface area is 127 Å². The van der Waals surface area contributed by atoms with Gasteiger partial charge in [0, 0.05) is 13.0 Å². The summed E-state index contributed by atoms with van der Waals surface area (Å²) < 4.78 is 13.1. The van der Waals surface area contributed by atoms with Crippen molar-refractivity contribution < 1.29 is 9.18 Å². The topological polar surface area (TPSA) is 55.1 Å². The second kappa shape index (κ2) is 7.55. The van der Waals surface area contributed by atoms with Crippen molar-refractivity contribution in [1.82, 2.24) is 5.32 Å². The minimum Gasteiger partial charge on any atom is -0.349 e. The van der Waals surface area contributed by atoms with Gasteiger partial charge in [0.2, 0.25) is 5.91 Å². The molecular weight excluding hydrogens is 267 g/mol. The zero-order valence-electron chi connectivity index (χ0n) is 13.4. The van der Waals surface area contributed by atoms with Crippen molar-refractivity contribution in [3.63, 3.8) is 0 Å². The molecule has 0 aliphatic carbocycles. The largest absolute Gasteiger partial charge is 0.349 e. The summed E-state index contributed by atoms with van der Waals surface area (Å²) in [7, 11) is 0. The van der Waals surface area contributed by atoms with Gasteiger partial charge in [-0.15, -0.1) is 0 Å². The van der Waals surface area contributed by atoms with Gasteiger partial charge < -0.3 is 11.1 Å². The Kier molecular flexibility index (Phi) is 6.34. The molecule has 4 heteroatoms. The molecule has 0 heterocycles. The number of hydrogen-bond donors (Lipinski definition) is 2. The molecule has 1 aromatic rings. The minimum absolute atomic E-state index is 0.000512. The maximum Gasteiger partial charge on any atom is 0.220 e. The first kappa shape index (κ1) is 17.6. The molecule has 2 unspecified atom stereocenters. The molecule has 3 N–H and O–H groups in total. The standard InChI is InChI=1S/C17H27FN2O/c1-12(2)17(4,11-19)20-16(21)9-13(3)8-14-6-5-7-15(18)10-14/h5-7,10,12-13H,8-9,11,19H2,1-4H3,(H,20,21). The van der Waals surface area contributed by atoms with Crippen LogP contribution in [0.15, 0.2) is 24.3 Å². The summed E-state index contributed by atoms with van der Waals surface area (Å²) in [6.45, 7) is 8.47. The summed E-state index contributed by atoms with van der Waals surface area (Å²) >= 11 is 0. The molecule has 2 atom stereocenters.